The van der Waals surface area contributed by atoms with E-state index in [4.69, 9.17) is 10.5 Å². The van der Waals surface area contributed by atoms with Crippen molar-refractivity contribution in [1.29, 1.82) is 0 Å². The van der Waals surface area contributed by atoms with Crippen molar-refractivity contribution < 1.29 is 4.74 Å². The molecular weight excluding hydrogens is 262 g/mol. The standard InChI is InChI=1S/C17H29N3O/c1-16(2,3)21-15-13(18)8-9-14(20-15)19-12-7-6-10-17(4,5)11-12/h8-9,12H,6-7,10-11,18H2,1-5H3,(H,19,20). The van der Waals surface area contributed by atoms with Crippen molar-refractivity contribution in [3.63, 3.8) is 0 Å². The summed E-state index contributed by atoms with van der Waals surface area (Å²) in [5.74, 6) is 1.37. The Bertz CT molecular complexity index is 491. The van der Waals surface area contributed by atoms with Crippen LogP contribution in [0.5, 0.6) is 5.88 Å². The third-order valence-corrected chi connectivity index (χ3v) is 3.85. The van der Waals surface area contributed by atoms with Crippen LogP contribution in [0.15, 0.2) is 12.1 Å². The van der Waals surface area contributed by atoms with E-state index >= 15 is 0 Å². The highest BCUT2D eigenvalue weighted by Crippen LogP contribution is 2.36. The Morgan fingerprint density at radius 1 is 1.33 bits per heavy atom. The first-order chi connectivity index (χ1) is 9.65. The molecule has 2 rings (SSSR count). The summed E-state index contributed by atoms with van der Waals surface area (Å²) >= 11 is 0. The minimum atomic E-state index is -0.299. The number of nitrogens with one attached hydrogen (secondary N) is 1. The summed E-state index contributed by atoms with van der Waals surface area (Å²) in [4.78, 5) is 4.54. The number of ether oxygens (including phenoxy) is 1. The normalized spacial score (nSPS) is 21.9. The monoisotopic (exact) mass is 291 g/mol. The van der Waals surface area contributed by atoms with Gasteiger partial charge in [-0.3, -0.25) is 0 Å². The molecule has 0 aliphatic heterocycles. The van der Waals surface area contributed by atoms with Gasteiger partial charge in [-0.1, -0.05) is 20.3 Å². The van der Waals surface area contributed by atoms with E-state index in [2.05, 4.69) is 24.1 Å². The highest BCUT2D eigenvalue weighted by atomic mass is 16.5. The second kappa shape index (κ2) is 5.74. The summed E-state index contributed by atoms with van der Waals surface area (Å²) < 4.78 is 5.83. The molecule has 1 atom stereocenters. The van der Waals surface area contributed by atoms with E-state index in [0.29, 0.717) is 23.0 Å². The van der Waals surface area contributed by atoms with Crippen LogP contribution in [0.2, 0.25) is 0 Å². The maximum absolute atomic E-state index is 5.96. The molecule has 1 heterocycles. The summed E-state index contributed by atoms with van der Waals surface area (Å²) in [6.07, 6.45) is 4.95. The van der Waals surface area contributed by atoms with Gasteiger partial charge in [-0.25, -0.2) is 0 Å². The molecular formula is C17H29N3O. The molecule has 0 radical (unpaired) electrons. The molecule has 1 saturated carbocycles. The van der Waals surface area contributed by atoms with Gasteiger partial charge >= 0.3 is 0 Å². The Morgan fingerprint density at radius 2 is 2.05 bits per heavy atom. The van der Waals surface area contributed by atoms with E-state index in [1.165, 1.54) is 25.7 Å². The molecule has 0 bridgehead atoms. The highest BCUT2D eigenvalue weighted by molar-refractivity contribution is 5.54. The quantitative estimate of drug-likeness (QED) is 0.875. The van der Waals surface area contributed by atoms with Crippen molar-refractivity contribution in [2.45, 2.75) is 71.9 Å². The van der Waals surface area contributed by atoms with Crippen molar-refractivity contribution in [1.82, 2.24) is 4.98 Å². The molecule has 1 fully saturated rings. The van der Waals surface area contributed by atoms with E-state index in [9.17, 15) is 0 Å². The second-order valence-corrected chi connectivity index (χ2v) is 7.91. The van der Waals surface area contributed by atoms with Gasteiger partial charge in [-0.2, -0.15) is 4.98 Å². The van der Waals surface area contributed by atoms with Gasteiger partial charge in [-0.05, 0) is 57.6 Å². The SMILES string of the molecule is CC1(C)CCCC(Nc2ccc(N)c(OC(C)(C)C)n2)C1. The molecule has 3 N–H and O–H groups in total. The van der Waals surface area contributed by atoms with E-state index in [0.717, 1.165) is 5.82 Å². The number of nitrogen functional groups attached to an aromatic ring is 1. The third kappa shape index (κ3) is 4.80. The van der Waals surface area contributed by atoms with Gasteiger partial charge in [0.15, 0.2) is 0 Å². The number of rotatable bonds is 3. The molecule has 1 unspecified atom stereocenters. The highest BCUT2D eigenvalue weighted by Gasteiger charge is 2.28. The Morgan fingerprint density at radius 3 is 2.67 bits per heavy atom. The predicted octanol–water partition coefficient (Wildman–Crippen LogP) is 4.22. The first kappa shape index (κ1) is 15.9. The molecule has 118 valence electrons. The average molecular weight is 291 g/mol. The molecule has 0 aromatic carbocycles. The lowest BCUT2D eigenvalue weighted by Gasteiger charge is -2.35. The number of hydrogen-bond acceptors (Lipinski definition) is 4. The van der Waals surface area contributed by atoms with E-state index in [1.54, 1.807) is 0 Å². The molecule has 4 heteroatoms. The van der Waals surface area contributed by atoms with Gasteiger partial charge in [0.05, 0.1) is 5.69 Å². The minimum absolute atomic E-state index is 0.299. The first-order valence-electron chi connectivity index (χ1n) is 7.87. The summed E-state index contributed by atoms with van der Waals surface area (Å²) in [6, 6.07) is 4.28. The largest absolute Gasteiger partial charge is 0.470 e. The molecule has 0 saturated heterocycles. The summed E-state index contributed by atoms with van der Waals surface area (Å²) in [5, 5.41) is 3.54. The van der Waals surface area contributed by atoms with Crippen molar-refractivity contribution >= 4 is 11.5 Å². The van der Waals surface area contributed by atoms with E-state index in [1.807, 2.05) is 32.9 Å². The minimum Gasteiger partial charge on any atom is -0.470 e. The lowest BCUT2D eigenvalue weighted by molar-refractivity contribution is 0.125. The maximum atomic E-state index is 5.96. The van der Waals surface area contributed by atoms with Gasteiger partial charge in [0.1, 0.15) is 11.4 Å². The number of nitrogens with zero attached hydrogens (tertiary/aromatic N) is 1. The van der Waals surface area contributed by atoms with Crippen LogP contribution in [0.1, 0.15) is 60.3 Å². The first-order valence-corrected chi connectivity index (χ1v) is 7.87. The van der Waals surface area contributed by atoms with Crippen LogP contribution in [0.3, 0.4) is 0 Å². The van der Waals surface area contributed by atoms with E-state index < -0.39 is 0 Å². The fourth-order valence-electron chi connectivity index (χ4n) is 2.93. The van der Waals surface area contributed by atoms with Crippen LogP contribution in [0.4, 0.5) is 11.5 Å². The predicted molar refractivity (Wildman–Crippen MR) is 88.7 cm³/mol. The summed E-state index contributed by atoms with van der Waals surface area (Å²) in [7, 11) is 0. The summed E-state index contributed by atoms with van der Waals surface area (Å²) in [6.45, 7) is 10.7. The molecule has 21 heavy (non-hydrogen) atoms. The van der Waals surface area contributed by atoms with Crippen LogP contribution in [-0.2, 0) is 0 Å². The topological polar surface area (TPSA) is 60.2 Å². The molecule has 0 spiro atoms. The third-order valence-electron chi connectivity index (χ3n) is 3.85. The Hall–Kier alpha value is -1.45. The Kier molecular flexibility index (Phi) is 4.35. The number of hydrogen-bond donors (Lipinski definition) is 2. The maximum Gasteiger partial charge on any atom is 0.239 e. The number of nitrogens with two attached hydrogens (primary N) is 1. The zero-order valence-corrected chi connectivity index (χ0v) is 14.0. The van der Waals surface area contributed by atoms with Gasteiger partial charge in [0.25, 0.3) is 0 Å². The van der Waals surface area contributed by atoms with Crippen LogP contribution in [0.25, 0.3) is 0 Å². The molecule has 1 aromatic heterocycles. The zero-order chi connectivity index (χ0) is 15.7. The molecule has 4 nitrogen and oxygen atoms in total. The number of aromatic nitrogens is 1. The van der Waals surface area contributed by atoms with Gasteiger partial charge < -0.3 is 15.8 Å². The average Bonchev–Trinajstić information content (AvgIpc) is 2.30. The van der Waals surface area contributed by atoms with Crippen molar-refractivity contribution in [3.05, 3.63) is 12.1 Å². The second-order valence-electron chi connectivity index (χ2n) is 7.91. The van der Waals surface area contributed by atoms with Crippen LogP contribution >= 0.6 is 0 Å². The van der Waals surface area contributed by atoms with Crippen molar-refractivity contribution in [3.8, 4) is 5.88 Å². The van der Waals surface area contributed by atoms with Gasteiger partial charge in [0, 0.05) is 6.04 Å². The molecule has 1 aliphatic carbocycles. The Balaban J connectivity index is 2.08. The lowest BCUT2D eigenvalue weighted by atomic mass is 9.75. The van der Waals surface area contributed by atoms with E-state index in [-0.39, 0.29) is 5.60 Å². The summed E-state index contributed by atoms with van der Waals surface area (Å²) in [5.41, 5.74) is 6.65. The fraction of sp³-hybridized carbons (Fsp3) is 0.706. The number of pyridine rings is 1. The number of anilines is 2. The zero-order valence-electron chi connectivity index (χ0n) is 14.0. The van der Waals surface area contributed by atoms with Crippen molar-refractivity contribution in [2.24, 2.45) is 5.41 Å². The fourth-order valence-corrected chi connectivity index (χ4v) is 2.93. The molecule has 1 aromatic rings. The Labute approximate surface area is 128 Å². The molecule has 1 aliphatic rings. The smallest absolute Gasteiger partial charge is 0.239 e. The van der Waals surface area contributed by atoms with Crippen molar-refractivity contribution in [2.75, 3.05) is 11.1 Å². The van der Waals surface area contributed by atoms with Crippen LogP contribution in [0, 0.1) is 5.41 Å². The van der Waals surface area contributed by atoms with Gasteiger partial charge in [0.2, 0.25) is 5.88 Å². The van der Waals surface area contributed by atoms with Gasteiger partial charge in [-0.15, -0.1) is 0 Å². The molecule has 0 amide bonds. The van der Waals surface area contributed by atoms with Crippen LogP contribution in [-0.4, -0.2) is 16.6 Å². The lowest BCUT2D eigenvalue weighted by Crippen LogP contribution is -2.32. The van der Waals surface area contributed by atoms with Crippen LogP contribution < -0.4 is 15.8 Å².